The van der Waals surface area contributed by atoms with E-state index in [4.69, 9.17) is 14.5 Å². The molecular weight excluding hydrogens is 344 g/mol. The van der Waals surface area contributed by atoms with E-state index in [2.05, 4.69) is 10.6 Å². The number of likely N-dealkylation sites (N-methyl/N-ethyl adjacent to an activating group) is 1. The van der Waals surface area contributed by atoms with Crippen LogP contribution in [0.15, 0.2) is 23.2 Å². The van der Waals surface area contributed by atoms with Crippen molar-refractivity contribution in [2.45, 2.75) is 44.7 Å². The lowest BCUT2D eigenvalue weighted by molar-refractivity contribution is -0.127. The molecule has 1 saturated carbocycles. The van der Waals surface area contributed by atoms with Gasteiger partial charge in [-0.1, -0.05) is 25.0 Å². The second kappa shape index (κ2) is 9.48. The van der Waals surface area contributed by atoms with Crippen molar-refractivity contribution in [2.24, 2.45) is 4.99 Å². The highest BCUT2D eigenvalue weighted by molar-refractivity contribution is 5.86. The summed E-state index contributed by atoms with van der Waals surface area (Å²) in [5.41, 5.74) is 0.987. The van der Waals surface area contributed by atoms with Crippen LogP contribution in [-0.2, 0) is 11.3 Å². The third-order valence-electron chi connectivity index (χ3n) is 4.86. The summed E-state index contributed by atoms with van der Waals surface area (Å²) in [7, 11) is 3.50. The summed E-state index contributed by atoms with van der Waals surface area (Å²) < 4.78 is 11.6. The van der Waals surface area contributed by atoms with Crippen LogP contribution >= 0.6 is 0 Å². The van der Waals surface area contributed by atoms with Gasteiger partial charge in [0.15, 0.2) is 17.5 Å². The first kappa shape index (κ1) is 19.3. The summed E-state index contributed by atoms with van der Waals surface area (Å²) in [6.07, 6.45) is 5.62. The number of amides is 1. The fraction of sp³-hybridized carbons (Fsp3) is 0.600. The minimum Gasteiger partial charge on any atom is -0.490 e. The molecule has 1 amide bonds. The normalized spacial score (nSPS) is 17.3. The Morgan fingerprint density at radius 2 is 1.96 bits per heavy atom. The fourth-order valence-electron chi connectivity index (χ4n) is 3.28. The lowest BCUT2D eigenvalue weighted by atomic mass is 10.2. The SMILES string of the molecule is CN(C)C(=O)CNC(=NCc1cccc2c1OCCCO2)NC1CCCC1. The Hall–Kier alpha value is -2.44. The first-order valence-corrected chi connectivity index (χ1v) is 9.76. The second-order valence-electron chi connectivity index (χ2n) is 7.23. The van der Waals surface area contributed by atoms with Crippen molar-refractivity contribution < 1.29 is 14.3 Å². The molecule has 1 aliphatic heterocycles. The summed E-state index contributed by atoms with van der Waals surface area (Å²) in [6, 6.07) is 6.32. The van der Waals surface area contributed by atoms with Crippen LogP contribution in [0.5, 0.6) is 11.5 Å². The standard InChI is InChI=1S/C20H30N4O3/c1-24(2)18(25)14-22-20(23-16-8-3-4-9-16)21-13-15-7-5-10-17-19(15)27-12-6-11-26-17/h5,7,10,16H,3-4,6,8-9,11-14H2,1-2H3,(H2,21,22,23). The van der Waals surface area contributed by atoms with Crippen LogP contribution in [0.2, 0.25) is 0 Å². The minimum absolute atomic E-state index is 0.0150. The molecule has 0 aromatic heterocycles. The van der Waals surface area contributed by atoms with Gasteiger partial charge < -0.3 is 25.0 Å². The van der Waals surface area contributed by atoms with E-state index in [1.165, 1.54) is 12.8 Å². The number of benzene rings is 1. The zero-order valence-corrected chi connectivity index (χ0v) is 16.3. The maximum Gasteiger partial charge on any atom is 0.241 e. The van der Waals surface area contributed by atoms with Crippen molar-refractivity contribution in [1.82, 2.24) is 15.5 Å². The molecule has 148 valence electrons. The molecule has 0 radical (unpaired) electrons. The second-order valence-corrected chi connectivity index (χ2v) is 7.23. The molecule has 1 fully saturated rings. The third-order valence-corrected chi connectivity index (χ3v) is 4.86. The molecule has 0 bridgehead atoms. The van der Waals surface area contributed by atoms with Crippen molar-refractivity contribution >= 4 is 11.9 Å². The van der Waals surface area contributed by atoms with Gasteiger partial charge in [-0.25, -0.2) is 4.99 Å². The van der Waals surface area contributed by atoms with Crippen molar-refractivity contribution in [3.05, 3.63) is 23.8 Å². The Kier molecular flexibility index (Phi) is 6.79. The molecular formula is C20H30N4O3. The van der Waals surface area contributed by atoms with Gasteiger partial charge in [0.1, 0.15) is 0 Å². The molecule has 1 aromatic carbocycles. The van der Waals surface area contributed by atoms with E-state index < -0.39 is 0 Å². The van der Waals surface area contributed by atoms with E-state index in [1.54, 1.807) is 19.0 Å². The Labute approximate surface area is 161 Å². The van der Waals surface area contributed by atoms with Crippen LogP contribution in [0.3, 0.4) is 0 Å². The number of nitrogens with zero attached hydrogens (tertiary/aromatic N) is 2. The summed E-state index contributed by atoms with van der Waals surface area (Å²) >= 11 is 0. The Morgan fingerprint density at radius 1 is 1.19 bits per heavy atom. The smallest absolute Gasteiger partial charge is 0.241 e. The van der Waals surface area contributed by atoms with Crippen LogP contribution in [0.4, 0.5) is 0 Å². The van der Waals surface area contributed by atoms with Gasteiger partial charge in [0.05, 0.1) is 26.3 Å². The molecule has 0 saturated heterocycles. The molecule has 1 heterocycles. The van der Waals surface area contributed by atoms with E-state index in [0.29, 0.717) is 31.8 Å². The van der Waals surface area contributed by atoms with E-state index in [-0.39, 0.29) is 12.5 Å². The molecule has 0 spiro atoms. The highest BCUT2D eigenvalue weighted by atomic mass is 16.5. The van der Waals surface area contributed by atoms with Crippen molar-refractivity contribution in [2.75, 3.05) is 33.9 Å². The van der Waals surface area contributed by atoms with E-state index >= 15 is 0 Å². The van der Waals surface area contributed by atoms with Crippen molar-refractivity contribution in [1.29, 1.82) is 0 Å². The highest BCUT2D eigenvalue weighted by Crippen LogP contribution is 2.33. The van der Waals surface area contributed by atoms with Crippen LogP contribution in [0.1, 0.15) is 37.7 Å². The molecule has 7 heteroatoms. The topological polar surface area (TPSA) is 75.2 Å². The van der Waals surface area contributed by atoms with Crippen molar-refractivity contribution in [3.8, 4) is 11.5 Å². The summed E-state index contributed by atoms with van der Waals surface area (Å²) in [6.45, 7) is 2.00. The molecule has 3 rings (SSSR count). The summed E-state index contributed by atoms with van der Waals surface area (Å²) in [4.78, 5) is 18.2. The van der Waals surface area contributed by atoms with E-state index in [0.717, 1.165) is 36.3 Å². The van der Waals surface area contributed by atoms with Crippen molar-refractivity contribution in [3.63, 3.8) is 0 Å². The number of fused-ring (bicyclic) bond motifs is 1. The lowest BCUT2D eigenvalue weighted by Gasteiger charge is -2.19. The maximum absolute atomic E-state index is 11.9. The zero-order valence-electron chi connectivity index (χ0n) is 16.3. The number of aliphatic imine (C=N–C) groups is 1. The quantitative estimate of drug-likeness (QED) is 0.608. The third kappa shape index (κ3) is 5.52. The predicted molar refractivity (Wildman–Crippen MR) is 105 cm³/mol. The number of para-hydroxylation sites is 1. The number of hydrogen-bond acceptors (Lipinski definition) is 4. The first-order chi connectivity index (χ1) is 13.1. The zero-order chi connectivity index (χ0) is 19.1. The Morgan fingerprint density at radius 3 is 2.74 bits per heavy atom. The van der Waals surface area contributed by atoms with Gasteiger partial charge in [-0.05, 0) is 18.9 Å². The number of rotatable bonds is 5. The molecule has 2 N–H and O–H groups in total. The van der Waals surface area contributed by atoms with Crippen LogP contribution < -0.4 is 20.1 Å². The minimum atomic E-state index is 0.0150. The van der Waals surface area contributed by atoms with Gasteiger partial charge in [0, 0.05) is 32.1 Å². The van der Waals surface area contributed by atoms with Crippen LogP contribution in [0.25, 0.3) is 0 Å². The maximum atomic E-state index is 11.9. The highest BCUT2D eigenvalue weighted by Gasteiger charge is 2.18. The number of ether oxygens (including phenoxy) is 2. The molecule has 1 aromatic rings. The van der Waals surface area contributed by atoms with Gasteiger partial charge in [-0.15, -0.1) is 0 Å². The van der Waals surface area contributed by atoms with Gasteiger partial charge in [-0.3, -0.25) is 4.79 Å². The number of hydrogen-bond donors (Lipinski definition) is 2. The van der Waals surface area contributed by atoms with Crippen LogP contribution in [-0.4, -0.2) is 56.7 Å². The number of nitrogens with one attached hydrogen (secondary N) is 2. The van der Waals surface area contributed by atoms with Gasteiger partial charge in [0.2, 0.25) is 5.91 Å². The summed E-state index contributed by atoms with van der Waals surface area (Å²) in [5, 5.41) is 6.63. The number of guanidine groups is 1. The Balaban J connectivity index is 1.71. The largest absolute Gasteiger partial charge is 0.490 e. The van der Waals surface area contributed by atoms with Crippen LogP contribution in [0, 0.1) is 0 Å². The van der Waals surface area contributed by atoms with E-state index in [1.807, 2.05) is 18.2 Å². The first-order valence-electron chi connectivity index (χ1n) is 9.76. The predicted octanol–water partition coefficient (Wildman–Crippen LogP) is 1.91. The fourth-order valence-corrected chi connectivity index (χ4v) is 3.28. The molecule has 0 unspecified atom stereocenters. The number of carbonyl (C=O) groups excluding carboxylic acids is 1. The monoisotopic (exact) mass is 374 g/mol. The molecule has 1 aliphatic carbocycles. The van der Waals surface area contributed by atoms with E-state index in [9.17, 15) is 4.79 Å². The molecule has 0 atom stereocenters. The van der Waals surface area contributed by atoms with Gasteiger partial charge in [-0.2, -0.15) is 0 Å². The Bertz CT molecular complexity index is 669. The summed E-state index contributed by atoms with van der Waals surface area (Å²) in [5.74, 6) is 2.25. The average Bonchev–Trinajstić information content (AvgIpc) is 3.05. The lowest BCUT2D eigenvalue weighted by Crippen LogP contribution is -2.46. The molecule has 27 heavy (non-hydrogen) atoms. The molecule has 2 aliphatic rings. The average molecular weight is 374 g/mol. The number of carbonyl (C=O) groups is 1. The molecule has 7 nitrogen and oxygen atoms in total. The van der Waals surface area contributed by atoms with Gasteiger partial charge in [0.25, 0.3) is 0 Å². The van der Waals surface area contributed by atoms with Gasteiger partial charge >= 0.3 is 0 Å².